The lowest BCUT2D eigenvalue weighted by atomic mass is 10.2. The largest absolute Gasteiger partial charge is 0.464 e. The molecule has 1 rings (SSSR count). The van der Waals surface area contributed by atoms with Gasteiger partial charge in [-0.25, -0.2) is 0 Å². The minimum atomic E-state index is -0.176. The smallest absolute Gasteiger partial charge is 0.279 e. The van der Waals surface area contributed by atoms with Crippen LogP contribution in [-0.2, 0) is 4.74 Å². The van der Waals surface area contributed by atoms with Crippen molar-refractivity contribution in [3.63, 3.8) is 0 Å². The monoisotopic (exact) mass is 157 g/mol. The molecule has 4 heteroatoms. The Morgan fingerprint density at radius 3 is 3.00 bits per heavy atom. The normalized spacial score (nSPS) is 25.4. The predicted molar refractivity (Wildman–Crippen MR) is 43.5 cm³/mol. The second kappa shape index (κ2) is 3.57. The number of nitrogens with zero attached hydrogens (tertiary/aromatic N) is 1. The van der Waals surface area contributed by atoms with Gasteiger partial charge in [-0.15, -0.1) is 0 Å². The van der Waals surface area contributed by atoms with E-state index in [-0.39, 0.29) is 6.02 Å². The van der Waals surface area contributed by atoms with Crippen molar-refractivity contribution in [2.24, 2.45) is 5.73 Å². The summed E-state index contributed by atoms with van der Waals surface area (Å²) in [6.45, 7) is 1.69. The fourth-order valence-corrected chi connectivity index (χ4v) is 1.38. The molecule has 1 atom stereocenters. The first-order valence-electron chi connectivity index (χ1n) is 3.87. The van der Waals surface area contributed by atoms with Crippen molar-refractivity contribution in [1.82, 2.24) is 4.90 Å². The Bertz CT molecular complexity index is 149. The Morgan fingerprint density at radius 2 is 2.55 bits per heavy atom. The van der Waals surface area contributed by atoms with Gasteiger partial charge in [0, 0.05) is 6.04 Å². The highest BCUT2D eigenvalue weighted by Crippen LogP contribution is 2.14. The molecule has 1 fully saturated rings. The van der Waals surface area contributed by atoms with Crippen LogP contribution in [0.25, 0.3) is 0 Å². The fraction of sp³-hybridized carbons (Fsp3) is 0.857. The minimum Gasteiger partial charge on any atom is -0.464 e. The molecule has 0 aliphatic carbocycles. The van der Waals surface area contributed by atoms with Gasteiger partial charge in [0.2, 0.25) is 0 Å². The van der Waals surface area contributed by atoms with E-state index in [1.54, 1.807) is 0 Å². The molecule has 1 saturated heterocycles. The third kappa shape index (κ3) is 2.38. The van der Waals surface area contributed by atoms with Crippen LogP contribution in [-0.4, -0.2) is 37.2 Å². The van der Waals surface area contributed by atoms with Crippen LogP contribution in [0.5, 0.6) is 0 Å². The molecule has 1 aliphatic rings. The Labute approximate surface area is 66.8 Å². The van der Waals surface area contributed by atoms with E-state index in [1.807, 2.05) is 0 Å². The van der Waals surface area contributed by atoms with Gasteiger partial charge in [0.25, 0.3) is 6.02 Å². The summed E-state index contributed by atoms with van der Waals surface area (Å²) >= 11 is 0. The molecule has 0 spiro atoms. The highest BCUT2D eigenvalue weighted by molar-refractivity contribution is 5.67. The van der Waals surface area contributed by atoms with E-state index < -0.39 is 0 Å². The maximum Gasteiger partial charge on any atom is 0.279 e. The number of nitrogens with two attached hydrogens (primary N) is 1. The SMILES string of the molecule is CN1CCC[C@H]1COC(=N)N. The van der Waals surface area contributed by atoms with Crippen LogP contribution in [0.4, 0.5) is 0 Å². The number of hydrogen-bond donors (Lipinski definition) is 2. The summed E-state index contributed by atoms with van der Waals surface area (Å²) in [7, 11) is 2.07. The molecule has 64 valence electrons. The standard InChI is InChI=1S/C7H15N3O/c1-10-4-2-3-6(10)5-11-7(8)9/h6H,2-5H2,1H3,(H3,8,9)/t6-/m0/s1. The molecule has 3 N–H and O–H groups in total. The zero-order valence-electron chi connectivity index (χ0n) is 6.84. The molecule has 11 heavy (non-hydrogen) atoms. The van der Waals surface area contributed by atoms with E-state index in [0.29, 0.717) is 12.6 Å². The van der Waals surface area contributed by atoms with Crippen molar-refractivity contribution in [1.29, 1.82) is 5.41 Å². The summed E-state index contributed by atoms with van der Waals surface area (Å²) in [6.07, 6.45) is 2.38. The van der Waals surface area contributed by atoms with Crippen LogP contribution in [0.3, 0.4) is 0 Å². The van der Waals surface area contributed by atoms with Crippen LogP contribution in [0.2, 0.25) is 0 Å². The maximum absolute atomic E-state index is 6.86. The molecule has 0 saturated carbocycles. The average molecular weight is 157 g/mol. The molecule has 0 bridgehead atoms. The van der Waals surface area contributed by atoms with Crippen molar-refractivity contribution in [3.8, 4) is 0 Å². The number of amidine groups is 1. The van der Waals surface area contributed by atoms with E-state index in [9.17, 15) is 0 Å². The molecular formula is C7H15N3O. The molecular weight excluding hydrogens is 142 g/mol. The lowest BCUT2D eigenvalue weighted by molar-refractivity contribution is 0.187. The lowest BCUT2D eigenvalue weighted by Gasteiger charge is -2.18. The Kier molecular flexibility index (Phi) is 2.70. The molecule has 1 heterocycles. The van der Waals surface area contributed by atoms with Gasteiger partial charge < -0.3 is 15.4 Å². The van der Waals surface area contributed by atoms with Gasteiger partial charge >= 0.3 is 0 Å². The van der Waals surface area contributed by atoms with E-state index in [4.69, 9.17) is 15.9 Å². The van der Waals surface area contributed by atoms with Crippen molar-refractivity contribution in [3.05, 3.63) is 0 Å². The second-order valence-electron chi connectivity index (χ2n) is 2.95. The molecule has 0 aromatic heterocycles. The maximum atomic E-state index is 6.86. The summed E-state index contributed by atoms with van der Waals surface area (Å²) in [6, 6.07) is 0.282. The molecule has 0 radical (unpaired) electrons. The van der Waals surface area contributed by atoms with Gasteiger partial charge in [-0.2, -0.15) is 0 Å². The Balaban J connectivity index is 2.20. The van der Waals surface area contributed by atoms with Gasteiger partial charge in [-0.1, -0.05) is 0 Å². The second-order valence-corrected chi connectivity index (χ2v) is 2.95. The number of nitrogens with one attached hydrogen (secondary N) is 1. The third-order valence-corrected chi connectivity index (χ3v) is 2.10. The lowest BCUT2D eigenvalue weighted by Crippen LogP contribution is -2.31. The van der Waals surface area contributed by atoms with E-state index in [2.05, 4.69) is 11.9 Å². The van der Waals surface area contributed by atoms with Gasteiger partial charge in [-0.05, 0) is 26.4 Å². The van der Waals surface area contributed by atoms with E-state index >= 15 is 0 Å². The molecule has 0 unspecified atom stereocenters. The first-order chi connectivity index (χ1) is 5.20. The van der Waals surface area contributed by atoms with Gasteiger partial charge in [0.15, 0.2) is 0 Å². The van der Waals surface area contributed by atoms with Crippen LogP contribution < -0.4 is 5.73 Å². The van der Waals surface area contributed by atoms with Crippen LogP contribution in [0.1, 0.15) is 12.8 Å². The molecule has 4 nitrogen and oxygen atoms in total. The highest BCUT2D eigenvalue weighted by Gasteiger charge is 2.21. The summed E-state index contributed by atoms with van der Waals surface area (Å²) in [4.78, 5) is 2.24. The molecule has 1 aliphatic heterocycles. The topological polar surface area (TPSA) is 62.3 Å². The summed E-state index contributed by atoms with van der Waals surface area (Å²) < 4.78 is 4.92. The summed E-state index contributed by atoms with van der Waals surface area (Å²) in [5, 5.41) is 6.86. The molecule has 0 amide bonds. The van der Waals surface area contributed by atoms with Gasteiger partial charge in [0.1, 0.15) is 6.61 Å². The van der Waals surface area contributed by atoms with E-state index in [1.165, 1.54) is 6.42 Å². The average Bonchev–Trinajstić information content (AvgIpc) is 2.31. The molecule has 0 aromatic rings. The quantitative estimate of drug-likeness (QED) is 0.438. The first kappa shape index (κ1) is 8.33. The van der Waals surface area contributed by atoms with Crippen LogP contribution in [0.15, 0.2) is 0 Å². The van der Waals surface area contributed by atoms with Crippen molar-refractivity contribution >= 4 is 6.02 Å². The zero-order valence-corrected chi connectivity index (χ0v) is 6.84. The van der Waals surface area contributed by atoms with E-state index in [0.717, 1.165) is 13.0 Å². The Morgan fingerprint density at radius 1 is 1.82 bits per heavy atom. The zero-order chi connectivity index (χ0) is 8.27. The molecule has 0 aromatic carbocycles. The number of likely N-dealkylation sites (tertiary alicyclic amines) is 1. The number of rotatable bonds is 2. The highest BCUT2D eigenvalue weighted by atomic mass is 16.5. The third-order valence-electron chi connectivity index (χ3n) is 2.10. The van der Waals surface area contributed by atoms with Crippen LogP contribution >= 0.6 is 0 Å². The minimum absolute atomic E-state index is 0.176. The summed E-state index contributed by atoms with van der Waals surface area (Å²) in [5.74, 6) is 0. The van der Waals surface area contributed by atoms with Crippen molar-refractivity contribution < 1.29 is 4.74 Å². The van der Waals surface area contributed by atoms with Crippen LogP contribution in [0, 0.1) is 5.41 Å². The number of hydrogen-bond acceptors (Lipinski definition) is 3. The van der Waals surface area contributed by atoms with Gasteiger partial charge in [-0.3, -0.25) is 5.41 Å². The fourth-order valence-electron chi connectivity index (χ4n) is 1.38. The summed E-state index contributed by atoms with van der Waals surface area (Å²) in [5.41, 5.74) is 5.06. The van der Waals surface area contributed by atoms with Gasteiger partial charge in [0.05, 0.1) is 0 Å². The number of likely N-dealkylation sites (N-methyl/N-ethyl adjacent to an activating group) is 1. The van der Waals surface area contributed by atoms with Crippen molar-refractivity contribution in [2.45, 2.75) is 18.9 Å². The number of ether oxygens (including phenoxy) is 1. The predicted octanol–water partition coefficient (Wildman–Crippen LogP) is -0.00933. The Hall–Kier alpha value is -0.770. The van der Waals surface area contributed by atoms with Crippen molar-refractivity contribution in [2.75, 3.05) is 20.2 Å². The first-order valence-corrected chi connectivity index (χ1v) is 3.87.